The van der Waals surface area contributed by atoms with Gasteiger partial charge < -0.3 is 15.0 Å². The molecule has 0 saturated carbocycles. The zero-order valence-electron chi connectivity index (χ0n) is 16.4. The molecule has 0 aliphatic heterocycles. The summed E-state index contributed by atoms with van der Waals surface area (Å²) in [5, 5.41) is 3.35. The Morgan fingerprint density at radius 3 is 2.07 bits per heavy atom. The third kappa shape index (κ3) is 4.71. The molecule has 0 unspecified atom stereocenters. The summed E-state index contributed by atoms with van der Waals surface area (Å²) < 4.78 is 5.84. The normalized spacial score (nSPS) is 10.4. The molecule has 0 aliphatic carbocycles. The molecule has 1 aromatic heterocycles. The van der Waals surface area contributed by atoms with Crippen molar-refractivity contribution in [3.8, 4) is 11.5 Å². The van der Waals surface area contributed by atoms with E-state index in [1.807, 2.05) is 110 Å². The second-order valence-corrected chi connectivity index (χ2v) is 6.65. The summed E-state index contributed by atoms with van der Waals surface area (Å²) in [6, 6.07) is 29.5. The minimum Gasteiger partial charge on any atom is -0.457 e. The Bertz CT molecular complexity index is 1070. The SMILES string of the molecule is Cc1cc(Nc2ccc(Oc3ccccc3)cc2)nc(N(C)c2ccccc2)n1. The van der Waals surface area contributed by atoms with Crippen LogP contribution in [0.25, 0.3) is 0 Å². The van der Waals surface area contributed by atoms with Crippen molar-refractivity contribution in [1.82, 2.24) is 9.97 Å². The summed E-state index contributed by atoms with van der Waals surface area (Å²) in [6.07, 6.45) is 0. The van der Waals surface area contributed by atoms with Gasteiger partial charge in [-0.15, -0.1) is 0 Å². The van der Waals surface area contributed by atoms with E-state index in [9.17, 15) is 0 Å². The highest BCUT2D eigenvalue weighted by Crippen LogP contribution is 2.26. The summed E-state index contributed by atoms with van der Waals surface area (Å²) in [6.45, 7) is 1.96. The van der Waals surface area contributed by atoms with Crippen LogP contribution in [0.4, 0.5) is 23.1 Å². The van der Waals surface area contributed by atoms with Crippen LogP contribution in [0.2, 0.25) is 0 Å². The first-order chi connectivity index (χ1) is 14.2. The maximum Gasteiger partial charge on any atom is 0.231 e. The van der Waals surface area contributed by atoms with E-state index < -0.39 is 0 Å². The third-order valence-electron chi connectivity index (χ3n) is 4.39. The second-order valence-electron chi connectivity index (χ2n) is 6.65. The number of para-hydroxylation sites is 2. The molecule has 5 nitrogen and oxygen atoms in total. The highest BCUT2D eigenvalue weighted by Gasteiger charge is 2.09. The third-order valence-corrected chi connectivity index (χ3v) is 4.39. The summed E-state index contributed by atoms with van der Waals surface area (Å²) >= 11 is 0. The van der Waals surface area contributed by atoms with Crippen molar-refractivity contribution in [3.63, 3.8) is 0 Å². The highest BCUT2D eigenvalue weighted by atomic mass is 16.5. The summed E-state index contributed by atoms with van der Waals surface area (Å²) in [4.78, 5) is 11.2. The number of hydrogen-bond acceptors (Lipinski definition) is 5. The number of nitrogens with zero attached hydrogens (tertiary/aromatic N) is 3. The fourth-order valence-corrected chi connectivity index (χ4v) is 2.91. The summed E-state index contributed by atoms with van der Waals surface area (Å²) in [5.41, 5.74) is 2.85. The molecule has 0 fully saturated rings. The Labute approximate surface area is 170 Å². The van der Waals surface area contributed by atoms with E-state index in [1.54, 1.807) is 0 Å². The Morgan fingerprint density at radius 2 is 1.38 bits per heavy atom. The Kier molecular flexibility index (Phi) is 5.38. The number of aromatic nitrogens is 2. The molecule has 5 heteroatoms. The molecule has 0 spiro atoms. The topological polar surface area (TPSA) is 50.3 Å². The van der Waals surface area contributed by atoms with E-state index in [1.165, 1.54) is 0 Å². The van der Waals surface area contributed by atoms with E-state index in [-0.39, 0.29) is 0 Å². The molecule has 1 heterocycles. The lowest BCUT2D eigenvalue weighted by atomic mass is 10.3. The van der Waals surface area contributed by atoms with Crippen molar-refractivity contribution < 1.29 is 4.74 Å². The van der Waals surface area contributed by atoms with Gasteiger partial charge in [-0.3, -0.25) is 0 Å². The quantitative estimate of drug-likeness (QED) is 0.437. The second kappa shape index (κ2) is 8.44. The van der Waals surface area contributed by atoms with Crippen LogP contribution in [-0.4, -0.2) is 17.0 Å². The van der Waals surface area contributed by atoms with Gasteiger partial charge in [0.15, 0.2) is 0 Å². The zero-order chi connectivity index (χ0) is 20.1. The van der Waals surface area contributed by atoms with Gasteiger partial charge in [-0.05, 0) is 55.5 Å². The van der Waals surface area contributed by atoms with Gasteiger partial charge in [0.2, 0.25) is 5.95 Å². The molecule has 0 saturated heterocycles. The van der Waals surface area contributed by atoms with Crippen LogP contribution >= 0.6 is 0 Å². The maximum atomic E-state index is 5.84. The average Bonchev–Trinajstić information content (AvgIpc) is 2.75. The minimum absolute atomic E-state index is 0.641. The van der Waals surface area contributed by atoms with E-state index >= 15 is 0 Å². The monoisotopic (exact) mass is 382 g/mol. The molecule has 0 aliphatic rings. The van der Waals surface area contributed by atoms with Crippen LogP contribution in [0, 0.1) is 6.92 Å². The van der Waals surface area contributed by atoms with E-state index in [4.69, 9.17) is 4.74 Å². The fraction of sp³-hybridized carbons (Fsp3) is 0.0833. The number of ether oxygens (including phenoxy) is 1. The van der Waals surface area contributed by atoms with Gasteiger partial charge >= 0.3 is 0 Å². The molecule has 3 aromatic carbocycles. The lowest BCUT2D eigenvalue weighted by molar-refractivity contribution is 0.483. The van der Waals surface area contributed by atoms with Crippen molar-refractivity contribution >= 4 is 23.1 Å². The van der Waals surface area contributed by atoms with E-state index in [0.717, 1.165) is 34.4 Å². The summed E-state index contributed by atoms with van der Waals surface area (Å²) in [5.74, 6) is 2.98. The van der Waals surface area contributed by atoms with Gasteiger partial charge in [0.25, 0.3) is 0 Å². The number of benzene rings is 3. The Morgan fingerprint density at radius 1 is 0.759 bits per heavy atom. The molecule has 0 atom stereocenters. The van der Waals surface area contributed by atoms with Crippen molar-refractivity contribution in [3.05, 3.63) is 96.7 Å². The number of aryl methyl sites for hydroxylation is 1. The smallest absolute Gasteiger partial charge is 0.231 e. The van der Waals surface area contributed by atoms with Crippen LogP contribution in [0.3, 0.4) is 0 Å². The average molecular weight is 382 g/mol. The summed E-state index contributed by atoms with van der Waals surface area (Å²) in [7, 11) is 1.96. The number of anilines is 4. The first kappa shape index (κ1) is 18.5. The van der Waals surface area contributed by atoms with Crippen molar-refractivity contribution in [2.45, 2.75) is 6.92 Å². The standard InChI is InChI=1S/C24H22N4O/c1-18-17-23(27-24(25-18)28(2)20-9-5-3-6-10-20)26-19-13-15-22(16-14-19)29-21-11-7-4-8-12-21/h3-17H,1-2H3,(H,25,26,27). The zero-order valence-corrected chi connectivity index (χ0v) is 16.4. The lowest BCUT2D eigenvalue weighted by Gasteiger charge is -2.18. The van der Waals surface area contributed by atoms with Gasteiger partial charge in [0, 0.05) is 30.2 Å². The molecular formula is C24H22N4O. The number of hydrogen-bond donors (Lipinski definition) is 1. The van der Waals surface area contributed by atoms with Crippen molar-refractivity contribution in [2.75, 3.05) is 17.3 Å². The lowest BCUT2D eigenvalue weighted by Crippen LogP contribution is -2.14. The molecular weight excluding hydrogens is 360 g/mol. The Balaban J connectivity index is 1.50. The van der Waals surface area contributed by atoms with Crippen molar-refractivity contribution in [2.24, 2.45) is 0 Å². The van der Waals surface area contributed by atoms with Crippen LogP contribution in [0.15, 0.2) is 91.0 Å². The van der Waals surface area contributed by atoms with Crippen molar-refractivity contribution in [1.29, 1.82) is 0 Å². The molecule has 144 valence electrons. The van der Waals surface area contributed by atoms with Gasteiger partial charge in [-0.25, -0.2) is 4.98 Å². The van der Waals surface area contributed by atoms with Crippen LogP contribution in [-0.2, 0) is 0 Å². The minimum atomic E-state index is 0.641. The van der Waals surface area contributed by atoms with E-state index in [2.05, 4.69) is 15.3 Å². The molecule has 0 radical (unpaired) electrons. The van der Waals surface area contributed by atoms with Gasteiger partial charge in [-0.2, -0.15) is 4.98 Å². The number of nitrogens with one attached hydrogen (secondary N) is 1. The van der Waals surface area contributed by atoms with Crippen LogP contribution in [0.1, 0.15) is 5.69 Å². The largest absolute Gasteiger partial charge is 0.457 e. The Hall–Kier alpha value is -3.86. The molecule has 0 bridgehead atoms. The number of rotatable bonds is 6. The fourth-order valence-electron chi connectivity index (χ4n) is 2.91. The first-order valence-electron chi connectivity index (χ1n) is 9.42. The predicted molar refractivity (Wildman–Crippen MR) is 118 cm³/mol. The molecule has 4 rings (SSSR count). The van der Waals surface area contributed by atoms with E-state index in [0.29, 0.717) is 5.95 Å². The van der Waals surface area contributed by atoms with Crippen LogP contribution < -0.4 is 15.0 Å². The van der Waals surface area contributed by atoms with Gasteiger partial charge in [0.05, 0.1) is 0 Å². The van der Waals surface area contributed by atoms with Gasteiger partial charge in [0.1, 0.15) is 17.3 Å². The highest BCUT2D eigenvalue weighted by molar-refractivity contribution is 5.62. The molecule has 1 N–H and O–H groups in total. The maximum absolute atomic E-state index is 5.84. The van der Waals surface area contributed by atoms with Crippen LogP contribution in [0.5, 0.6) is 11.5 Å². The first-order valence-corrected chi connectivity index (χ1v) is 9.42. The van der Waals surface area contributed by atoms with Gasteiger partial charge in [-0.1, -0.05) is 36.4 Å². The molecule has 29 heavy (non-hydrogen) atoms. The molecule has 0 amide bonds. The predicted octanol–water partition coefficient (Wildman–Crippen LogP) is 6.09. The molecule has 4 aromatic rings.